The third-order valence-corrected chi connectivity index (χ3v) is 3.26. The van der Waals surface area contributed by atoms with E-state index in [9.17, 15) is 0 Å². The van der Waals surface area contributed by atoms with Crippen molar-refractivity contribution in [3.8, 4) is 0 Å². The topological polar surface area (TPSA) is 76.0 Å². The van der Waals surface area contributed by atoms with E-state index in [4.69, 9.17) is 10.5 Å². The number of hydrogen-bond donors (Lipinski definition) is 3. The van der Waals surface area contributed by atoms with Crippen molar-refractivity contribution in [1.29, 1.82) is 0 Å². The molecule has 1 unspecified atom stereocenters. The summed E-state index contributed by atoms with van der Waals surface area (Å²) in [6.07, 6.45) is 1.77. The number of H-pyrrole nitrogens is 1. The van der Waals surface area contributed by atoms with E-state index in [1.807, 2.05) is 19.1 Å². The van der Waals surface area contributed by atoms with Crippen molar-refractivity contribution in [2.24, 2.45) is 5.92 Å². The summed E-state index contributed by atoms with van der Waals surface area (Å²) in [6.45, 7) is 7.74. The van der Waals surface area contributed by atoms with Crippen LogP contribution in [0.3, 0.4) is 0 Å². The second-order valence-corrected chi connectivity index (χ2v) is 5.05. The Bertz CT molecular complexity index is 535. The molecule has 19 heavy (non-hydrogen) atoms. The summed E-state index contributed by atoms with van der Waals surface area (Å²) in [5, 5.41) is 11.5. The summed E-state index contributed by atoms with van der Waals surface area (Å²) in [7, 11) is 0. The van der Waals surface area contributed by atoms with Gasteiger partial charge in [-0.1, -0.05) is 13.8 Å². The zero-order valence-corrected chi connectivity index (χ0v) is 11.7. The monoisotopic (exact) mass is 262 g/mol. The third-order valence-electron chi connectivity index (χ3n) is 3.26. The van der Waals surface area contributed by atoms with Crippen LogP contribution in [0.4, 0.5) is 11.4 Å². The first kappa shape index (κ1) is 13.7. The molecule has 1 atom stereocenters. The van der Waals surface area contributed by atoms with Gasteiger partial charge in [-0.3, -0.25) is 5.10 Å². The Morgan fingerprint density at radius 2 is 2.21 bits per heavy atom. The van der Waals surface area contributed by atoms with Gasteiger partial charge < -0.3 is 15.8 Å². The van der Waals surface area contributed by atoms with Crippen molar-refractivity contribution in [3.63, 3.8) is 0 Å². The molecule has 0 aliphatic heterocycles. The highest BCUT2D eigenvalue weighted by Gasteiger charge is 2.15. The van der Waals surface area contributed by atoms with Gasteiger partial charge in [0.1, 0.15) is 0 Å². The Balaban J connectivity index is 2.19. The van der Waals surface area contributed by atoms with Crippen LogP contribution in [-0.2, 0) is 4.74 Å². The van der Waals surface area contributed by atoms with Crippen molar-refractivity contribution in [3.05, 3.63) is 18.3 Å². The minimum absolute atomic E-state index is 0.239. The fourth-order valence-corrected chi connectivity index (χ4v) is 1.98. The zero-order chi connectivity index (χ0) is 13.8. The SMILES string of the molecule is CCOCC(Nc1cc2[nH]ncc2cc1N)C(C)C. The van der Waals surface area contributed by atoms with E-state index in [1.54, 1.807) is 6.20 Å². The van der Waals surface area contributed by atoms with Crippen molar-refractivity contribution < 1.29 is 4.74 Å². The predicted molar refractivity (Wildman–Crippen MR) is 79.2 cm³/mol. The Morgan fingerprint density at radius 1 is 1.42 bits per heavy atom. The van der Waals surface area contributed by atoms with Crippen molar-refractivity contribution >= 4 is 22.3 Å². The van der Waals surface area contributed by atoms with E-state index in [-0.39, 0.29) is 6.04 Å². The molecule has 5 heteroatoms. The summed E-state index contributed by atoms with van der Waals surface area (Å²) < 4.78 is 5.52. The van der Waals surface area contributed by atoms with Crippen LogP contribution in [0.5, 0.6) is 0 Å². The Morgan fingerprint density at radius 3 is 2.89 bits per heavy atom. The molecular formula is C14H22N4O. The number of nitrogen functional groups attached to an aromatic ring is 1. The van der Waals surface area contributed by atoms with Gasteiger partial charge in [-0.05, 0) is 25.0 Å². The number of benzene rings is 1. The van der Waals surface area contributed by atoms with E-state index < -0.39 is 0 Å². The van der Waals surface area contributed by atoms with Gasteiger partial charge in [0.2, 0.25) is 0 Å². The molecule has 0 aliphatic carbocycles. The van der Waals surface area contributed by atoms with Crippen LogP contribution in [0.15, 0.2) is 18.3 Å². The predicted octanol–water partition coefficient (Wildman–Crippen LogP) is 2.62. The fourth-order valence-electron chi connectivity index (χ4n) is 1.98. The second-order valence-electron chi connectivity index (χ2n) is 5.05. The fraction of sp³-hybridized carbons (Fsp3) is 0.500. The molecule has 1 aromatic heterocycles. The molecule has 4 N–H and O–H groups in total. The molecule has 0 aliphatic rings. The summed E-state index contributed by atoms with van der Waals surface area (Å²) in [5.41, 5.74) is 8.72. The van der Waals surface area contributed by atoms with Crippen LogP contribution < -0.4 is 11.1 Å². The normalized spacial score (nSPS) is 13.1. The summed E-state index contributed by atoms with van der Waals surface area (Å²) >= 11 is 0. The van der Waals surface area contributed by atoms with Crippen LogP contribution in [0.25, 0.3) is 10.9 Å². The maximum atomic E-state index is 6.08. The highest BCUT2D eigenvalue weighted by atomic mass is 16.5. The number of aromatic amines is 1. The van der Waals surface area contributed by atoms with E-state index in [2.05, 4.69) is 29.4 Å². The van der Waals surface area contributed by atoms with Crippen LogP contribution >= 0.6 is 0 Å². The van der Waals surface area contributed by atoms with Gasteiger partial charge in [0.25, 0.3) is 0 Å². The standard InChI is InChI=1S/C14H22N4O/c1-4-19-8-14(9(2)3)17-13-6-12-10(5-11(13)15)7-16-18-12/h5-7,9,14,17H,4,8,15H2,1-3H3,(H,16,18). The first-order valence-corrected chi connectivity index (χ1v) is 6.68. The van der Waals surface area contributed by atoms with Gasteiger partial charge in [0, 0.05) is 12.0 Å². The largest absolute Gasteiger partial charge is 0.397 e. The lowest BCUT2D eigenvalue weighted by Gasteiger charge is -2.24. The summed E-state index contributed by atoms with van der Waals surface area (Å²) in [5.74, 6) is 0.461. The number of nitrogens with two attached hydrogens (primary N) is 1. The molecule has 2 aromatic rings. The van der Waals surface area contributed by atoms with Crippen molar-refractivity contribution in [1.82, 2.24) is 10.2 Å². The van der Waals surface area contributed by atoms with E-state index in [1.165, 1.54) is 0 Å². The van der Waals surface area contributed by atoms with E-state index >= 15 is 0 Å². The maximum Gasteiger partial charge on any atom is 0.0672 e. The molecule has 1 heterocycles. The number of rotatable bonds is 6. The summed E-state index contributed by atoms with van der Waals surface area (Å²) in [6, 6.07) is 4.17. The third kappa shape index (κ3) is 3.17. The Labute approximate surface area is 113 Å². The van der Waals surface area contributed by atoms with Gasteiger partial charge in [0.05, 0.1) is 35.7 Å². The molecule has 0 fully saturated rings. The highest BCUT2D eigenvalue weighted by molar-refractivity contribution is 5.88. The minimum Gasteiger partial charge on any atom is -0.397 e. The van der Waals surface area contributed by atoms with Crippen LogP contribution in [0, 0.1) is 5.92 Å². The van der Waals surface area contributed by atoms with Gasteiger partial charge in [-0.15, -0.1) is 0 Å². The maximum absolute atomic E-state index is 6.08. The number of hydrogen-bond acceptors (Lipinski definition) is 4. The van der Waals surface area contributed by atoms with Gasteiger partial charge in [0.15, 0.2) is 0 Å². The first-order chi connectivity index (χ1) is 9.11. The molecule has 0 spiro atoms. The second kappa shape index (κ2) is 5.93. The van der Waals surface area contributed by atoms with Crippen LogP contribution in [0.2, 0.25) is 0 Å². The Kier molecular flexibility index (Phi) is 4.27. The number of aromatic nitrogens is 2. The van der Waals surface area contributed by atoms with Crippen LogP contribution in [0.1, 0.15) is 20.8 Å². The van der Waals surface area contributed by atoms with Crippen LogP contribution in [-0.4, -0.2) is 29.5 Å². The lowest BCUT2D eigenvalue weighted by atomic mass is 10.0. The van der Waals surface area contributed by atoms with E-state index in [0.717, 1.165) is 28.9 Å². The number of anilines is 2. The molecule has 0 saturated heterocycles. The van der Waals surface area contributed by atoms with E-state index in [0.29, 0.717) is 12.5 Å². The minimum atomic E-state index is 0.239. The molecular weight excluding hydrogens is 240 g/mol. The number of nitrogens with one attached hydrogen (secondary N) is 2. The smallest absolute Gasteiger partial charge is 0.0672 e. The molecule has 1 aromatic carbocycles. The summed E-state index contributed by atoms with van der Waals surface area (Å²) in [4.78, 5) is 0. The molecule has 0 saturated carbocycles. The highest BCUT2D eigenvalue weighted by Crippen LogP contribution is 2.26. The average molecular weight is 262 g/mol. The lowest BCUT2D eigenvalue weighted by molar-refractivity contribution is 0.127. The first-order valence-electron chi connectivity index (χ1n) is 6.68. The molecule has 2 rings (SSSR count). The lowest BCUT2D eigenvalue weighted by Crippen LogP contribution is -2.31. The quantitative estimate of drug-likeness (QED) is 0.699. The molecule has 0 bridgehead atoms. The molecule has 104 valence electrons. The van der Waals surface area contributed by atoms with Gasteiger partial charge in [-0.2, -0.15) is 5.10 Å². The molecule has 5 nitrogen and oxygen atoms in total. The molecule has 0 radical (unpaired) electrons. The Hall–Kier alpha value is -1.75. The van der Waals surface area contributed by atoms with Crippen molar-refractivity contribution in [2.75, 3.05) is 24.3 Å². The number of ether oxygens (including phenoxy) is 1. The average Bonchev–Trinajstić information content (AvgIpc) is 2.81. The molecule has 0 amide bonds. The van der Waals surface area contributed by atoms with Gasteiger partial charge >= 0.3 is 0 Å². The number of nitrogens with zero attached hydrogens (tertiary/aromatic N) is 1. The zero-order valence-electron chi connectivity index (χ0n) is 11.7. The number of fused-ring (bicyclic) bond motifs is 1. The van der Waals surface area contributed by atoms with Crippen molar-refractivity contribution in [2.45, 2.75) is 26.8 Å². The van der Waals surface area contributed by atoms with Gasteiger partial charge in [-0.25, -0.2) is 0 Å².